The summed E-state index contributed by atoms with van der Waals surface area (Å²) in [6, 6.07) is 3.30. The molecule has 0 amide bonds. The fraction of sp³-hybridized carbons (Fsp3) is 0.250. The summed E-state index contributed by atoms with van der Waals surface area (Å²) in [5, 5.41) is 17.2. The van der Waals surface area contributed by atoms with E-state index >= 15 is 0 Å². The maximum atomic E-state index is 11.3. The molecule has 0 spiro atoms. The molecule has 0 bridgehead atoms. The summed E-state index contributed by atoms with van der Waals surface area (Å²) in [5.74, 6) is 0.195. The topological polar surface area (TPSA) is 106 Å². The van der Waals surface area contributed by atoms with Gasteiger partial charge in [-0.05, 0) is 26.0 Å². The third-order valence-corrected chi connectivity index (χ3v) is 2.74. The van der Waals surface area contributed by atoms with Crippen LogP contribution in [0.3, 0.4) is 0 Å². The number of aromatic nitrogens is 3. The number of halogens is 1. The number of pyridine rings is 1. The normalized spacial score (nSPS) is 10.5. The van der Waals surface area contributed by atoms with Crippen molar-refractivity contribution in [2.24, 2.45) is 0 Å². The van der Waals surface area contributed by atoms with E-state index in [1.54, 1.807) is 12.1 Å². The molecule has 0 saturated carbocycles. The van der Waals surface area contributed by atoms with Gasteiger partial charge in [-0.3, -0.25) is 10.1 Å². The minimum Gasteiger partial charge on any atom is -0.362 e. The lowest BCUT2D eigenvalue weighted by Gasteiger charge is -2.12. The second-order valence-electron chi connectivity index (χ2n) is 4.44. The molecule has 2 rings (SSSR count). The first-order chi connectivity index (χ1) is 9.99. The van der Waals surface area contributed by atoms with Crippen LogP contribution in [0, 0.1) is 10.1 Å². The number of rotatable bonds is 5. The van der Waals surface area contributed by atoms with Crippen molar-refractivity contribution in [3.05, 3.63) is 39.9 Å². The quantitative estimate of drug-likeness (QED) is 0.497. The maximum Gasteiger partial charge on any atom is 0.353 e. The predicted octanol–water partition coefficient (Wildman–Crippen LogP) is 3.00. The van der Waals surface area contributed by atoms with Gasteiger partial charge >= 0.3 is 5.69 Å². The molecular weight excluding hydrogens is 296 g/mol. The van der Waals surface area contributed by atoms with Crippen LogP contribution in [0.1, 0.15) is 13.8 Å². The van der Waals surface area contributed by atoms with Crippen LogP contribution >= 0.6 is 11.6 Å². The van der Waals surface area contributed by atoms with Crippen LogP contribution in [0.2, 0.25) is 5.15 Å². The standard InChI is InChI=1S/C12H13ClN6O2/c1-7(2)17-11-9(19(20)21)12(16-6-15-11)18-8-4-3-5-14-10(8)13/h3-7H,1-2H3,(H2,15,16,17,18). The molecule has 2 N–H and O–H groups in total. The number of nitrogens with zero attached hydrogens (tertiary/aromatic N) is 4. The van der Waals surface area contributed by atoms with Crippen LogP contribution in [0.25, 0.3) is 0 Å². The fourth-order valence-corrected chi connectivity index (χ4v) is 1.80. The molecular formula is C12H13ClN6O2. The van der Waals surface area contributed by atoms with E-state index in [2.05, 4.69) is 25.6 Å². The summed E-state index contributed by atoms with van der Waals surface area (Å²) in [4.78, 5) is 22.5. The summed E-state index contributed by atoms with van der Waals surface area (Å²) in [5.41, 5.74) is 0.183. The Morgan fingerprint density at radius 1 is 1.29 bits per heavy atom. The Morgan fingerprint density at radius 2 is 2.00 bits per heavy atom. The summed E-state index contributed by atoms with van der Waals surface area (Å²) < 4.78 is 0. The average Bonchev–Trinajstić information content (AvgIpc) is 2.40. The molecule has 0 unspecified atom stereocenters. The fourth-order valence-electron chi connectivity index (χ4n) is 1.63. The molecule has 0 aliphatic carbocycles. The largest absolute Gasteiger partial charge is 0.362 e. The lowest BCUT2D eigenvalue weighted by Crippen LogP contribution is -2.14. The van der Waals surface area contributed by atoms with Crippen LogP contribution < -0.4 is 10.6 Å². The Hall–Kier alpha value is -2.48. The van der Waals surface area contributed by atoms with Crippen LogP contribution in [-0.2, 0) is 0 Å². The van der Waals surface area contributed by atoms with Gasteiger partial charge in [0.1, 0.15) is 6.33 Å². The highest BCUT2D eigenvalue weighted by molar-refractivity contribution is 6.32. The zero-order chi connectivity index (χ0) is 15.4. The van der Waals surface area contributed by atoms with Gasteiger partial charge in [0, 0.05) is 12.2 Å². The highest BCUT2D eigenvalue weighted by atomic mass is 35.5. The number of hydrogen-bond acceptors (Lipinski definition) is 7. The van der Waals surface area contributed by atoms with Gasteiger partial charge in [-0.1, -0.05) is 11.6 Å². The molecule has 110 valence electrons. The van der Waals surface area contributed by atoms with Crippen molar-refractivity contribution in [2.45, 2.75) is 19.9 Å². The Labute approximate surface area is 125 Å². The van der Waals surface area contributed by atoms with Crippen molar-refractivity contribution >= 4 is 34.6 Å². The van der Waals surface area contributed by atoms with Crippen molar-refractivity contribution in [1.29, 1.82) is 0 Å². The Morgan fingerprint density at radius 3 is 2.62 bits per heavy atom. The molecule has 0 atom stereocenters. The lowest BCUT2D eigenvalue weighted by molar-refractivity contribution is -0.383. The van der Waals surface area contributed by atoms with Gasteiger partial charge in [0.05, 0.1) is 10.6 Å². The first-order valence-electron chi connectivity index (χ1n) is 6.12. The number of hydrogen-bond donors (Lipinski definition) is 2. The van der Waals surface area contributed by atoms with E-state index in [0.717, 1.165) is 0 Å². The second kappa shape index (κ2) is 6.31. The van der Waals surface area contributed by atoms with Gasteiger partial charge in [0.25, 0.3) is 0 Å². The summed E-state index contributed by atoms with van der Waals surface area (Å²) in [7, 11) is 0. The third kappa shape index (κ3) is 3.54. The maximum absolute atomic E-state index is 11.3. The highest BCUT2D eigenvalue weighted by Gasteiger charge is 2.24. The molecule has 0 aliphatic heterocycles. The smallest absolute Gasteiger partial charge is 0.353 e. The van der Waals surface area contributed by atoms with E-state index in [1.807, 2.05) is 13.8 Å². The highest BCUT2D eigenvalue weighted by Crippen LogP contribution is 2.32. The predicted molar refractivity (Wildman–Crippen MR) is 80.0 cm³/mol. The molecule has 2 aromatic rings. The minimum absolute atomic E-state index is 0.00608. The Bertz CT molecular complexity index is 664. The van der Waals surface area contributed by atoms with Crippen LogP contribution in [0.5, 0.6) is 0 Å². The van der Waals surface area contributed by atoms with Crippen molar-refractivity contribution in [3.63, 3.8) is 0 Å². The van der Waals surface area contributed by atoms with Crippen molar-refractivity contribution in [1.82, 2.24) is 15.0 Å². The second-order valence-corrected chi connectivity index (χ2v) is 4.80. The molecule has 21 heavy (non-hydrogen) atoms. The van der Waals surface area contributed by atoms with Crippen LogP contribution in [0.4, 0.5) is 23.0 Å². The zero-order valence-electron chi connectivity index (χ0n) is 11.4. The summed E-state index contributed by atoms with van der Waals surface area (Å²) >= 11 is 5.93. The number of anilines is 3. The first kappa shape index (κ1) is 14.9. The first-order valence-corrected chi connectivity index (χ1v) is 6.50. The summed E-state index contributed by atoms with van der Waals surface area (Å²) in [6.07, 6.45) is 2.76. The molecule has 2 heterocycles. The molecule has 0 radical (unpaired) electrons. The van der Waals surface area contributed by atoms with Crippen molar-refractivity contribution < 1.29 is 4.92 Å². The Kier molecular flexibility index (Phi) is 4.49. The number of nitro groups is 1. The lowest BCUT2D eigenvalue weighted by atomic mass is 10.3. The molecule has 0 saturated heterocycles. The van der Waals surface area contributed by atoms with Gasteiger partial charge in [-0.25, -0.2) is 15.0 Å². The minimum atomic E-state index is -0.544. The summed E-state index contributed by atoms with van der Waals surface area (Å²) in [6.45, 7) is 3.72. The average molecular weight is 309 g/mol. The van der Waals surface area contributed by atoms with Gasteiger partial charge in [0.15, 0.2) is 5.15 Å². The molecule has 0 aliphatic rings. The van der Waals surface area contributed by atoms with Crippen LogP contribution in [0.15, 0.2) is 24.7 Å². The van der Waals surface area contributed by atoms with Gasteiger partial charge in [-0.2, -0.15) is 0 Å². The molecule has 9 heteroatoms. The van der Waals surface area contributed by atoms with E-state index in [4.69, 9.17) is 11.6 Å². The Balaban J connectivity index is 2.44. The molecule has 0 aromatic carbocycles. The van der Waals surface area contributed by atoms with E-state index in [1.165, 1.54) is 12.5 Å². The van der Waals surface area contributed by atoms with E-state index in [9.17, 15) is 10.1 Å². The third-order valence-electron chi connectivity index (χ3n) is 2.44. The number of nitrogens with one attached hydrogen (secondary N) is 2. The monoisotopic (exact) mass is 308 g/mol. The van der Waals surface area contributed by atoms with Gasteiger partial charge in [0.2, 0.25) is 11.6 Å². The van der Waals surface area contributed by atoms with E-state index < -0.39 is 4.92 Å². The SMILES string of the molecule is CC(C)Nc1ncnc(Nc2cccnc2Cl)c1[N+](=O)[O-]. The van der Waals surface area contributed by atoms with E-state index in [0.29, 0.717) is 5.69 Å². The molecule has 0 fully saturated rings. The van der Waals surface area contributed by atoms with Crippen molar-refractivity contribution in [2.75, 3.05) is 10.6 Å². The van der Waals surface area contributed by atoms with Crippen LogP contribution in [-0.4, -0.2) is 25.9 Å². The molecule has 8 nitrogen and oxygen atoms in total. The van der Waals surface area contributed by atoms with Crippen molar-refractivity contribution in [3.8, 4) is 0 Å². The van der Waals surface area contributed by atoms with Gasteiger partial charge < -0.3 is 10.6 Å². The van der Waals surface area contributed by atoms with E-state index in [-0.39, 0.29) is 28.5 Å². The van der Waals surface area contributed by atoms with Gasteiger partial charge in [-0.15, -0.1) is 0 Å². The molecule has 2 aromatic heterocycles. The zero-order valence-corrected chi connectivity index (χ0v) is 12.1.